The van der Waals surface area contributed by atoms with Gasteiger partial charge in [0.2, 0.25) is 0 Å². The molecule has 2 aromatic carbocycles. The van der Waals surface area contributed by atoms with E-state index in [1.807, 2.05) is 31.2 Å². The standard InChI is InChI=1S/C25H26Cl2N2O2/c1-17-14-15-29(23(30)18-8-7-9-19(26)16-18)25(17,21-12-5-6-13-22(21)27)24(31)28-20-10-3-2-4-11-20/h5-9,12-14,16,20H,2-4,10-11,15H2,1H3,(H,28,31)/t25-/m0/s1. The summed E-state index contributed by atoms with van der Waals surface area (Å²) in [5, 5.41) is 4.18. The van der Waals surface area contributed by atoms with Crippen molar-refractivity contribution in [2.24, 2.45) is 0 Å². The zero-order chi connectivity index (χ0) is 22.0. The van der Waals surface area contributed by atoms with E-state index in [0.29, 0.717) is 27.7 Å². The van der Waals surface area contributed by atoms with Crippen molar-refractivity contribution in [3.05, 3.63) is 81.4 Å². The van der Waals surface area contributed by atoms with E-state index in [0.717, 1.165) is 31.3 Å². The molecule has 0 radical (unpaired) electrons. The first-order chi connectivity index (χ1) is 14.9. The van der Waals surface area contributed by atoms with E-state index in [4.69, 9.17) is 23.2 Å². The molecule has 2 aliphatic rings. The Morgan fingerprint density at radius 3 is 2.48 bits per heavy atom. The Kier molecular flexibility index (Phi) is 6.40. The summed E-state index contributed by atoms with van der Waals surface area (Å²) in [7, 11) is 0. The van der Waals surface area contributed by atoms with Gasteiger partial charge in [-0.05, 0) is 49.6 Å². The lowest BCUT2D eigenvalue weighted by Crippen LogP contribution is -2.58. The summed E-state index contributed by atoms with van der Waals surface area (Å²) in [4.78, 5) is 29.3. The van der Waals surface area contributed by atoms with Crippen molar-refractivity contribution in [3.63, 3.8) is 0 Å². The fraction of sp³-hybridized carbons (Fsp3) is 0.360. The van der Waals surface area contributed by atoms with Gasteiger partial charge in [-0.25, -0.2) is 0 Å². The summed E-state index contributed by atoms with van der Waals surface area (Å²) in [6.45, 7) is 2.22. The molecule has 162 valence electrons. The summed E-state index contributed by atoms with van der Waals surface area (Å²) >= 11 is 12.8. The summed E-state index contributed by atoms with van der Waals surface area (Å²) in [6.07, 6.45) is 7.24. The average Bonchev–Trinajstić information content (AvgIpc) is 3.12. The maximum absolute atomic E-state index is 14.0. The molecule has 2 amide bonds. The first-order valence-electron chi connectivity index (χ1n) is 10.8. The largest absolute Gasteiger partial charge is 0.351 e. The highest BCUT2D eigenvalue weighted by Gasteiger charge is 2.53. The molecule has 1 aliphatic carbocycles. The van der Waals surface area contributed by atoms with Crippen LogP contribution in [0.1, 0.15) is 54.9 Å². The summed E-state index contributed by atoms with van der Waals surface area (Å²) < 4.78 is 0. The SMILES string of the molecule is CC1=CCN(C(=O)c2cccc(Cl)c2)[C@]1(C(=O)NC1CCCCC1)c1ccccc1Cl. The monoisotopic (exact) mass is 456 g/mol. The first kappa shape index (κ1) is 21.9. The molecule has 2 aromatic rings. The smallest absolute Gasteiger partial charge is 0.255 e. The summed E-state index contributed by atoms with van der Waals surface area (Å²) in [6, 6.07) is 14.2. The highest BCUT2D eigenvalue weighted by molar-refractivity contribution is 6.32. The van der Waals surface area contributed by atoms with E-state index in [1.165, 1.54) is 6.42 Å². The van der Waals surface area contributed by atoms with Crippen molar-refractivity contribution < 1.29 is 9.59 Å². The molecule has 31 heavy (non-hydrogen) atoms. The van der Waals surface area contributed by atoms with Crippen molar-refractivity contribution in [3.8, 4) is 0 Å². The van der Waals surface area contributed by atoms with Crippen LogP contribution in [-0.4, -0.2) is 29.3 Å². The molecule has 0 spiro atoms. The molecule has 6 heteroatoms. The maximum atomic E-state index is 14.0. The van der Waals surface area contributed by atoms with E-state index in [1.54, 1.807) is 35.2 Å². The molecular formula is C25H26Cl2N2O2. The minimum absolute atomic E-state index is 0.108. The third-order valence-corrected chi connectivity index (χ3v) is 6.97. The van der Waals surface area contributed by atoms with Crippen LogP contribution in [0.4, 0.5) is 0 Å². The van der Waals surface area contributed by atoms with Gasteiger partial charge in [-0.1, -0.05) is 72.8 Å². The number of benzene rings is 2. The van der Waals surface area contributed by atoms with Crippen molar-refractivity contribution in [1.82, 2.24) is 10.2 Å². The third kappa shape index (κ3) is 3.99. The zero-order valence-electron chi connectivity index (χ0n) is 17.5. The number of amides is 2. The number of rotatable bonds is 4. The molecule has 0 saturated heterocycles. The topological polar surface area (TPSA) is 49.4 Å². The number of halogens is 2. The Morgan fingerprint density at radius 1 is 1.03 bits per heavy atom. The number of carbonyl (C=O) groups excluding carboxylic acids is 2. The Balaban J connectivity index is 1.81. The number of nitrogens with one attached hydrogen (secondary N) is 1. The second-order valence-electron chi connectivity index (χ2n) is 8.31. The van der Waals surface area contributed by atoms with Crippen molar-refractivity contribution in [2.75, 3.05) is 6.54 Å². The minimum atomic E-state index is -1.30. The molecular weight excluding hydrogens is 431 g/mol. The molecule has 1 heterocycles. The number of carbonyl (C=O) groups is 2. The van der Waals surface area contributed by atoms with Gasteiger partial charge in [0.15, 0.2) is 5.54 Å². The van der Waals surface area contributed by atoms with E-state index < -0.39 is 5.54 Å². The Labute approximate surface area is 193 Å². The summed E-state index contributed by atoms with van der Waals surface area (Å²) in [5.74, 6) is -0.455. The second kappa shape index (κ2) is 9.05. The molecule has 1 fully saturated rings. The zero-order valence-corrected chi connectivity index (χ0v) is 19.0. The predicted molar refractivity (Wildman–Crippen MR) is 124 cm³/mol. The number of hydrogen-bond acceptors (Lipinski definition) is 2. The van der Waals surface area contributed by atoms with Gasteiger partial charge in [-0.2, -0.15) is 0 Å². The van der Waals surface area contributed by atoms with Gasteiger partial charge < -0.3 is 10.2 Å². The van der Waals surface area contributed by atoms with E-state index >= 15 is 0 Å². The average molecular weight is 457 g/mol. The van der Waals surface area contributed by atoms with Gasteiger partial charge in [0.25, 0.3) is 11.8 Å². The molecule has 1 atom stereocenters. The second-order valence-corrected chi connectivity index (χ2v) is 9.16. The van der Waals surface area contributed by atoms with E-state index in [9.17, 15) is 9.59 Å². The third-order valence-electron chi connectivity index (χ3n) is 6.40. The number of nitrogens with zero attached hydrogens (tertiary/aromatic N) is 1. The molecule has 4 rings (SSSR count). The van der Waals surface area contributed by atoms with Gasteiger partial charge in [0.1, 0.15) is 0 Å². The molecule has 0 bridgehead atoms. The van der Waals surface area contributed by atoms with Crippen LogP contribution in [0, 0.1) is 0 Å². The first-order valence-corrected chi connectivity index (χ1v) is 11.5. The lowest BCUT2D eigenvalue weighted by molar-refractivity contribution is -0.130. The van der Waals surface area contributed by atoms with Crippen molar-refractivity contribution >= 4 is 35.0 Å². The van der Waals surface area contributed by atoms with Crippen LogP contribution >= 0.6 is 23.2 Å². The van der Waals surface area contributed by atoms with Gasteiger partial charge in [-0.15, -0.1) is 0 Å². The van der Waals surface area contributed by atoms with Crippen molar-refractivity contribution in [1.29, 1.82) is 0 Å². The minimum Gasteiger partial charge on any atom is -0.351 e. The fourth-order valence-electron chi connectivity index (χ4n) is 4.81. The maximum Gasteiger partial charge on any atom is 0.255 e. The van der Waals surface area contributed by atoms with Crippen LogP contribution in [0.15, 0.2) is 60.2 Å². The van der Waals surface area contributed by atoms with Crippen LogP contribution < -0.4 is 5.32 Å². The van der Waals surface area contributed by atoms with Gasteiger partial charge in [0.05, 0.1) is 0 Å². The fourth-order valence-corrected chi connectivity index (χ4v) is 5.27. The molecule has 1 saturated carbocycles. The molecule has 1 N–H and O–H groups in total. The van der Waals surface area contributed by atoms with Gasteiger partial charge >= 0.3 is 0 Å². The van der Waals surface area contributed by atoms with E-state index in [2.05, 4.69) is 5.32 Å². The number of hydrogen-bond donors (Lipinski definition) is 1. The highest BCUT2D eigenvalue weighted by atomic mass is 35.5. The van der Waals surface area contributed by atoms with E-state index in [-0.39, 0.29) is 17.9 Å². The van der Waals surface area contributed by atoms with Crippen LogP contribution in [0.2, 0.25) is 10.0 Å². The molecule has 1 aliphatic heterocycles. The van der Waals surface area contributed by atoms with Gasteiger partial charge in [-0.3, -0.25) is 9.59 Å². The lowest BCUT2D eigenvalue weighted by atomic mass is 9.81. The van der Waals surface area contributed by atoms with Crippen LogP contribution in [0.3, 0.4) is 0 Å². The Hall–Kier alpha value is -2.30. The van der Waals surface area contributed by atoms with Crippen LogP contribution in [-0.2, 0) is 10.3 Å². The molecule has 0 aromatic heterocycles. The molecule has 4 nitrogen and oxygen atoms in total. The lowest BCUT2D eigenvalue weighted by Gasteiger charge is -2.41. The predicted octanol–water partition coefficient (Wildman–Crippen LogP) is 5.74. The van der Waals surface area contributed by atoms with Crippen LogP contribution in [0.25, 0.3) is 0 Å². The summed E-state index contributed by atoms with van der Waals surface area (Å²) in [5.41, 5.74) is 0.559. The Bertz CT molecular complexity index is 1030. The quantitative estimate of drug-likeness (QED) is 0.596. The normalized spacial score (nSPS) is 21.6. The van der Waals surface area contributed by atoms with Gasteiger partial charge in [0, 0.05) is 33.8 Å². The Morgan fingerprint density at radius 2 is 1.77 bits per heavy atom. The van der Waals surface area contributed by atoms with Crippen molar-refractivity contribution in [2.45, 2.75) is 50.6 Å². The highest BCUT2D eigenvalue weighted by Crippen LogP contribution is 2.44. The molecule has 0 unspecified atom stereocenters. The van der Waals surface area contributed by atoms with Crippen LogP contribution in [0.5, 0.6) is 0 Å².